The molecule has 1 atom stereocenters. The summed E-state index contributed by atoms with van der Waals surface area (Å²) in [4.78, 5) is 12.0. The number of anilines is 1. The average Bonchev–Trinajstić information content (AvgIpc) is 2.81. The Kier molecular flexibility index (Phi) is 3.69. The van der Waals surface area contributed by atoms with Gasteiger partial charge in [0.2, 0.25) is 5.91 Å². The van der Waals surface area contributed by atoms with Gasteiger partial charge in [-0.05, 0) is 42.0 Å². The smallest absolute Gasteiger partial charge is 0.224 e. The molecule has 0 radical (unpaired) electrons. The molecule has 1 unspecified atom stereocenters. The normalized spacial score (nSPS) is 16.6. The van der Waals surface area contributed by atoms with E-state index >= 15 is 0 Å². The second-order valence-electron chi connectivity index (χ2n) is 5.34. The van der Waals surface area contributed by atoms with Crippen molar-refractivity contribution in [3.63, 3.8) is 0 Å². The highest BCUT2D eigenvalue weighted by Crippen LogP contribution is 2.35. The van der Waals surface area contributed by atoms with Crippen molar-refractivity contribution >= 4 is 11.6 Å². The first-order valence-corrected chi connectivity index (χ1v) is 6.95. The number of aryl methyl sites for hydroxylation is 1. The fourth-order valence-corrected chi connectivity index (χ4v) is 2.92. The van der Waals surface area contributed by atoms with Crippen LogP contribution in [0, 0.1) is 11.6 Å². The predicted molar refractivity (Wildman–Crippen MR) is 77.1 cm³/mol. The second-order valence-corrected chi connectivity index (χ2v) is 5.34. The molecule has 2 aromatic rings. The summed E-state index contributed by atoms with van der Waals surface area (Å²) in [5.74, 6) is -1.44. The van der Waals surface area contributed by atoms with Crippen LogP contribution in [-0.2, 0) is 11.2 Å². The molecular weight excluding hydrogens is 272 g/mol. The lowest BCUT2D eigenvalue weighted by molar-refractivity contribution is -0.116. The minimum atomic E-state index is -0.698. The van der Waals surface area contributed by atoms with Gasteiger partial charge in [-0.25, -0.2) is 8.78 Å². The van der Waals surface area contributed by atoms with Crippen LogP contribution in [0.1, 0.15) is 29.9 Å². The van der Waals surface area contributed by atoms with Gasteiger partial charge in [0.05, 0.1) is 0 Å². The van der Waals surface area contributed by atoms with E-state index in [0.717, 1.165) is 31.0 Å². The number of hydrogen-bond acceptors (Lipinski definition) is 1. The van der Waals surface area contributed by atoms with Gasteiger partial charge in [-0.15, -0.1) is 0 Å². The monoisotopic (exact) mass is 287 g/mol. The number of benzene rings is 2. The zero-order valence-electron chi connectivity index (χ0n) is 11.4. The van der Waals surface area contributed by atoms with Crippen molar-refractivity contribution in [3.8, 4) is 0 Å². The summed E-state index contributed by atoms with van der Waals surface area (Å²) in [6.45, 7) is 0. The van der Waals surface area contributed by atoms with Crippen LogP contribution < -0.4 is 5.32 Å². The molecule has 1 amide bonds. The van der Waals surface area contributed by atoms with Gasteiger partial charge in [-0.2, -0.15) is 0 Å². The summed E-state index contributed by atoms with van der Waals surface area (Å²) in [6, 6.07) is 11.1. The van der Waals surface area contributed by atoms with Crippen LogP contribution in [0.25, 0.3) is 0 Å². The van der Waals surface area contributed by atoms with E-state index in [1.54, 1.807) is 0 Å². The number of rotatable bonds is 3. The molecule has 0 heterocycles. The van der Waals surface area contributed by atoms with Crippen LogP contribution in [0.3, 0.4) is 0 Å². The van der Waals surface area contributed by atoms with Crippen molar-refractivity contribution in [2.75, 3.05) is 5.32 Å². The van der Waals surface area contributed by atoms with E-state index in [-0.39, 0.29) is 17.5 Å². The zero-order valence-corrected chi connectivity index (χ0v) is 11.4. The van der Waals surface area contributed by atoms with Gasteiger partial charge in [0, 0.05) is 18.2 Å². The van der Waals surface area contributed by atoms with Crippen LogP contribution in [0.5, 0.6) is 0 Å². The fraction of sp³-hybridized carbons (Fsp3) is 0.235. The van der Waals surface area contributed by atoms with Crippen molar-refractivity contribution in [1.82, 2.24) is 0 Å². The first-order chi connectivity index (χ1) is 10.1. The molecule has 0 aliphatic heterocycles. The van der Waals surface area contributed by atoms with Gasteiger partial charge in [0.1, 0.15) is 11.6 Å². The molecule has 0 saturated carbocycles. The number of nitrogens with one attached hydrogen (secondary N) is 1. The zero-order chi connectivity index (χ0) is 14.8. The highest BCUT2D eigenvalue weighted by atomic mass is 19.1. The summed E-state index contributed by atoms with van der Waals surface area (Å²) in [5, 5.41) is 2.56. The summed E-state index contributed by atoms with van der Waals surface area (Å²) in [6.07, 6.45) is 2.24. The highest BCUT2D eigenvalue weighted by molar-refractivity contribution is 5.91. The van der Waals surface area contributed by atoms with Gasteiger partial charge in [0.15, 0.2) is 0 Å². The quantitative estimate of drug-likeness (QED) is 0.907. The van der Waals surface area contributed by atoms with E-state index in [1.807, 2.05) is 18.2 Å². The molecule has 1 aliphatic rings. The fourth-order valence-electron chi connectivity index (χ4n) is 2.92. The summed E-state index contributed by atoms with van der Waals surface area (Å²) < 4.78 is 26.2. The molecule has 2 aromatic carbocycles. The Labute approximate surface area is 121 Å². The summed E-state index contributed by atoms with van der Waals surface area (Å²) in [5.41, 5.74) is 2.65. The van der Waals surface area contributed by atoms with Crippen LogP contribution in [0.4, 0.5) is 14.5 Å². The van der Waals surface area contributed by atoms with E-state index in [9.17, 15) is 13.6 Å². The average molecular weight is 287 g/mol. The van der Waals surface area contributed by atoms with E-state index in [2.05, 4.69) is 11.4 Å². The van der Waals surface area contributed by atoms with Crippen molar-refractivity contribution in [2.45, 2.75) is 25.2 Å². The van der Waals surface area contributed by atoms with Gasteiger partial charge in [0.25, 0.3) is 0 Å². The standard InChI is InChI=1S/C17H15F2NO/c18-13-8-14(19)10-15(9-13)20-17(21)7-12-6-5-11-3-1-2-4-16(11)12/h1-4,8-10,12H,5-7H2,(H,20,21). The number of amides is 1. The maximum absolute atomic E-state index is 13.1. The molecule has 21 heavy (non-hydrogen) atoms. The van der Waals surface area contributed by atoms with Crippen molar-refractivity contribution in [1.29, 1.82) is 0 Å². The molecular formula is C17H15F2NO. The third-order valence-electron chi connectivity index (χ3n) is 3.84. The topological polar surface area (TPSA) is 29.1 Å². The molecule has 0 aromatic heterocycles. The third kappa shape index (κ3) is 3.10. The van der Waals surface area contributed by atoms with Crippen LogP contribution in [-0.4, -0.2) is 5.91 Å². The Morgan fingerprint density at radius 3 is 2.62 bits per heavy atom. The third-order valence-corrected chi connectivity index (χ3v) is 3.84. The van der Waals surface area contributed by atoms with E-state index in [4.69, 9.17) is 0 Å². The predicted octanol–water partition coefficient (Wildman–Crippen LogP) is 4.02. The lowest BCUT2D eigenvalue weighted by Crippen LogP contribution is -2.15. The van der Waals surface area contributed by atoms with Gasteiger partial charge in [-0.3, -0.25) is 4.79 Å². The maximum Gasteiger partial charge on any atom is 0.224 e. The van der Waals surface area contributed by atoms with Crippen molar-refractivity contribution < 1.29 is 13.6 Å². The molecule has 0 fully saturated rings. The lowest BCUT2D eigenvalue weighted by atomic mass is 9.97. The molecule has 1 aliphatic carbocycles. The SMILES string of the molecule is O=C(CC1CCc2ccccc21)Nc1cc(F)cc(F)c1. The van der Waals surface area contributed by atoms with Crippen molar-refractivity contribution in [3.05, 3.63) is 65.2 Å². The number of carbonyl (C=O) groups is 1. The van der Waals surface area contributed by atoms with Gasteiger partial charge >= 0.3 is 0 Å². The summed E-state index contributed by atoms with van der Waals surface area (Å²) >= 11 is 0. The highest BCUT2D eigenvalue weighted by Gasteiger charge is 2.24. The van der Waals surface area contributed by atoms with E-state index < -0.39 is 11.6 Å². The number of fused-ring (bicyclic) bond motifs is 1. The minimum Gasteiger partial charge on any atom is -0.326 e. The van der Waals surface area contributed by atoms with Crippen LogP contribution >= 0.6 is 0 Å². The number of halogens is 2. The number of carbonyl (C=O) groups excluding carboxylic acids is 1. The summed E-state index contributed by atoms with van der Waals surface area (Å²) in [7, 11) is 0. The van der Waals surface area contributed by atoms with Crippen LogP contribution in [0.2, 0.25) is 0 Å². The molecule has 0 spiro atoms. The molecule has 0 saturated heterocycles. The van der Waals surface area contributed by atoms with Gasteiger partial charge < -0.3 is 5.32 Å². The Morgan fingerprint density at radius 2 is 1.86 bits per heavy atom. The Morgan fingerprint density at radius 1 is 1.14 bits per heavy atom. The van der Waals surface area contributed by atoms with E-state index in [1.165, 1.54) is 11.1 Å². The molecule has 108 valence electrons. The minimum absolute atomic E-state index is 0.156. The Balaban J connectivity index is 1.68. The molecule has 1 N–H and O–H groups in total. The second kappa shape index (κ2) is 5.64. The largest absolute Gasteiger partial charge is 0.326 e. The van der Waals surface area contributed by atoms with Crippen molar-refractivity contribution in [2.24, 2.45) is 0 Å². The molecule has 0 bridgehead atoms. The van der Waals surface area contributed by atoms with Crippen LogP contribution in [0.15, 0.2) is 42.5 Å². The maximum atomic E-state index is 13.1. The Hall–Kier alpha value is -2.23. The lowest BCUT2D eigenvalue weighted by Gasteiger charge is -2.12. The first kappa shape index (κ1) is 13.7. The van der Waals surface area contributed by atoms with E-state index in [0.29, 0.717) is 6.42 Å². The Bertz CT molecular complexity index is 664. The number of hydrogen-bond donors (Lipinski definition) is 1. The molecule has 4 heteroatoms. The van der Waals surface area contributed by atoms with Gasteiger partial charge in [-0.1, -0.05) is 24.3 Å². The first-order valence-electron chi connectivity index (χ1n) is 6.95. The molecule has 3 rings (SSSR count). The molecule has 2 nitrogen and oxygen atoms in total.